The molecule has 1 aromatic heterocycles. The van der Waals surface area contributed by atoms with Crippen molar-refractivity contribution in [2.75, 3.05) is 0 Å². The Morgan fingerprint density at radius 3 is 2.65 bits per heavy atom. The number of aromatic nitrogens is 1. The molecule has 10 heteroatoms. The second kappa shape index (κ2) is 8.45. The van der Waals surface area contributed by atoms with E-state index in [2.05, 4.69) is 4.72 Å². The Morgan fingerprint density at radius 1 is 1.29 bits per heavy atom. The number of rotatable bonds is 7. The topological polar surface area (TPSA) is 118 Å². The minimum Gasteiger partial charge on any atom is -0.346 e. The Morgan fingerprint density at radius 2 is 2.00 bits per heavy atom. The molecule has 0 spiro atoms. The lowest BCUT2D eigenvalue weighted by molar-refractivity contribution is -0.388. The molecule has 0 saturated heterocycles. The van der Waals surface area contributed by atoms with Crippen molar-refractivity contribution < 1.29 is 17.7 Å². The fraction of sp³-hybridized carbons (Fsp3) is 0.286. The van der Waals surface area contributed by atoms with Gasteiger partial charge in [-0.15, -0.1) is 0 Å². The molecule has 0 aliphatic rings. The van der Waals surface area contributed by atoms with Crippen LogP contribution in [0.3, 0.4) is 0 Å². The Labute approximate surface area is 179 Å². The lowest BCUT2D eigenvalue weighted by Crippen LogP contribution is -2.36. The Hall–Kier alpha value is -3.29. The molecule has 0 radical (unpaired) electrons. The molecule has 0 fully saturated rings. The molecule has 1 atom stereocenters. The number of sulfonamides is 1. The Balaban J connectivity index is 1.94. The quantitative estimate of drug-likeness (QED) is 0.440. The zero-order valence-electron chi connectivity index (χ0n) is 17.2. The summed E-state index contributed by atoms with van der Waals surface area (Å²) in [7, 11) is -4.18. The maximum Gasteiger partial charge on any atom is 0.289 e. The van der Waals surface area contributed by atoms with E-state index >= 15 is 0 Å². The zero-order chi connectivity index (χ0) is 22.9. The van der Waals surface area contributed by atoms with Gasteiger partial charge in [0, 0.05) is 35.8 Å². The number of nitro groups is 1. The predicted molar refractivity (Wildman–Crippen MR) is 114 cm³/mol. The average molecular weight is 444 g/mol. The minimum atomic E-state index is -4.18. The highest BCUT2D eigenvalue weighted by Gasteiger charge is 2.30. The van der Waals surface area contributed by atoms with Gasteiger partial charge in [-0.1, -0.05) is 6.07 Å². The number of nitrogens with zero attached hydrogens (tertiary/aromatic N) is 3. The fourth-order valence-electron chi connectivity index (χ4n) is 3.79. The first-order valence-electron chi connectivity index (χ1n) is 9.45. The van der Waals surface area contributed by atoms with E-state index < -0.39 is 32.5 Å². The summed E-state index contributed by atoms with van der Waals surface area (Å²) in [6.07, 6.45) is 1.78. The normalized spacial score (nSPS) is 12.6. The maximum atomic E-state index is 13.7. The van der Waals surface area contributed by atoms with Crippen molar-refractivity contribution in [2.45, 2.75) is 44.7 Å². The molecule has 0 aliphatic carbocycles. The second-order valence-electron chi connectivity index (χ2n) is 7.51. The molecule has 3 aromatic rings. The zero-order valence-corrected chi connectivity index (χ0v) is 18.0. The first-order valence-corrected chi connectivity index (χ1v) is 10.9. The van der Waals surface area contributed by atoms with E-state index in [0.29, 0.717) is 22.0 Å². The highest BCUT2D eigenvalue weighted by molar-refractivity contribution is 7.89. The van der Waals surface area contributed by atoms with E-state index in [1.165, 1.54) is 25.1 Å². The molecule has 0 aliphatic heterocycles. The summed E-state index contributed by atoms with van der Waals surface area (Å²) in [6, 6.07) is 8.41. The molecule has 1 unspecified atom stereocenters. The smallest absolute Gasteiger partial charge is 0.289 e. The molecule has 0 saturated carbocycles. The fourth-order valence-corrected chi connectivity index (χ4v) is 5.41. The highest BCUT2D eigenvalue weighted by atomic mass is 32.2. The molecule has 1 heterocycles. The Kier molecular flexibility index (Phi) is 6.10. The number of benzene rings is 2. The van der Waals surface area contributed by atoms with E-state index in [0.717, 1.165) is 0 Å². The second-order valence-corrected chi connectivity index (χ2v) is 9.16. The van der Waals surface area contributed by atoms with Crippen LogP contribution in [0.4, 0.5) is 10.1 Å². The van der Waals surface area contributed by atoms with E-state index in [1.807, 2.05) is 6.07 Å². The van der Waals surface area contributed by atoms with Gasteiger partial charge in [0.1, 0.15) is 5.82 Å². The van der Waals surface area contributed by atoms with E-state index in [4.69, 9.17) is 5.26 Å². The third-order valence-corrected chi connectivity index (χ3v) is 6.67. The van der Waals surface area contributed by atoms with Crippen LogP contribution in [0.1, 0.15) is 23.6 Å². The summed E-state index contributed by atoms with van der Waals surface area (Å²) in [5.41, 5.74) is 1.69. The molecule has 0 bridgehead atoms. The first-order chi connectivity index (χ1) is 14.5. The number of halogens is 1. The van der Waals surface area contributed by atoms with Gasteiger partial charge in [-0.3, -0.25) is 10.1 Å². The largest absolute Gasteiger partial charge is 0.346 e. The van der Waals surface area contributed by atoms with Crippen molar-refractivity contribution in [3.8, 4) is 6.07 Å². The number of nitrogens with one attached hydrogen (secondary N) is 1. The van der Waals surface area contributed by atoms with Crippen LogP contribution in [-0.4, -0.2) is 24.0 Å². The molecule has 2 aromatic carbocycles. The molecule has 31 heavy (non-hydrogen) atoms. The van der Waals surface area contributed by atoms with Crippen molar-refractivity contribution in [3.05, 3.63) is 69.2 Å². The van der Waals surface area contributed by atoms with Gasteiger partial charge in [0.2, 0.25) is 10.0 Å². The van der Waals surface area contributed by atoms with Gasteiger partial charge in [0.25, 0.3) is 5.69 Å². The van der Waals surface area contributed by atoms with E-state index in [9.17, 15) is 22.9 Å². The minimum absolute atomic E-state index is 0.0851. The van der Waals surface area contributed by atoms with Crippen LogP contribution in [0, 0.1) is 41.1 Å². The number of nitriles is 1. The van der Waals surface area contributed by atoms with Crippen molar-refractivity contribution in [1.29, 1.82) is 5.26 Å². The summed E-state index contributed by atoms with van der Waals surface area (Å²) in [5, 5.41) is 21.1. The van der Waals surface area contributed by atoms with Crippen molar-refractivity contribution in [1.82, 2.24) is 9.29 Å². The Bertz CT molecular complexity index is 1330. The molecule has 3 rings (SSSR count). The van der Waals surface area contributed by atoms with Gasteiger partial charge in [-0.05, 0) is 55.7 Å². The number of fused-ring (bicyclic) bond motifs is 1. The SMILES string of the molecule is Cc1cc(C)c(S(=O)(=O)NC(C)Cn2cc(CC#N)c3cc(F)ccc32)c([N+](=O)[O-])c1. The van der Waals surface area contributed by atoms with E-state index in [-0.39, 0.29) is 23.4 Å². The summed E-state index contributed by atoms with van der Waals surface area (Å²) >= 11 is 0. The van der Waals surface area contributed by atoms with Crippen molar-refractivity contribution in [3.63, 3.8) is 0 Å². The van der Waals surface area contributed by atoms with Gasteiger partial charge >= 0.3 is 0 Å². The third kappa shape index (κ3) is 4.57. The number of aryl methyl sites for hydroxylation is 2. The molecule has 0 amide bonds. The molecular formula is C21H21FN4O4S. The summed E-state index contributed by atoms with van der Waals surface area (Å²) < 4.78 is 43.9. The lowest BCUT2D eigenvalue weighted by Gasteiger charge is -2.17. The van der Waals surface area contributed by atoms with Crippen molar-refractivity contribution in [2.24, 2.45) is 0 Å². The molecule has 1 N–H and O–H groups in total. The monoisotopic (exact) mass is 444 g/mol. The van der Waals surface area contributed by atoms with Crippen LogP contribution < -0.4 is 4.72 Å². The van der Waals surface area contributed by atoms with E-state index in [1.54, 1.807) is 36.7 Å². The van der Waals surface area contributed by atoms with Gasteiger partial charge in [-0.25, -0.2) is 17.5 Å². The van der Waals surface area contributed by atoms with Crippen LogP contribution in [0.25, 0.3) is 10.9 Å². The first kappa shape index (κ1) is 22.4. The predicted octanol–water partition coefficient (Wildman–Crippen LogP) is 3.74. The van der Waals surface area contributed by atoms with Gasteiger partial charge in [-0.2, -0.15) is 5.26 Å². The van der Waals surface area contributed by atoms with Crippen LogP contribution in [-0.2, 0) is 23.0 Å². The summed E-state index contributed by atoms with van der Waals surface area (Å²) in [4.78, 5) is 10.4. The highest BCUT2D eigenvalue weighted by Crippen LogP contribution is 2.29. The van der Waals surface area contributed by atoms with Crippen LogP contribution >= 0.6 is 0 Å². The number of nitro benzene ring substituents is 1. The molecule has 162 valence electrons. The third-order valence-electron chi connectivity index (χ3n) is 4.89. The summed E-state index contributed by atoms with van der Waals surface area (Å²) in [6.45, 7) is 4.99. The average Bonchev–Trinajstić information content (AvgIpc) is 2.96. The van der Waals surface area contributed by atoms with Gasteiger partial charge < -0.3 is 4.57 Å². The molecule has 8 nitrogen and oxygen atoms in total. The number of hydrogen-bond acceptors (Lipinski definition) is 5. The standard InChI is InChI=1S/C21H21FN4O4S/c1-13-8-14(2)21(20(9-13)26(27)28)31(29,30)24-15(3)11-25-12-16(6-7-23)18-10-17(22)4-5-19(18)25/h4-5,8-10,12,15,24H,6,11H2,1-3H3. The van der Waals surface area contributed by atoms with Gasteiger partial charge in [0.05, 0.1) is 17.4 Å². The lowest BCUT2D eigenvalue weighted by atomic mass is 10.1. The van der Waals surface area contributed by atoms with Crippen molar-refractivity contribution >= 4 is 26.6 Å². The number of hydrogen-bond donors (Lipinski definition) is 1. The maximum absolute atomic E-state index is 13.7. The van der Waals surface area contributed by atoms with Crippen LogP contribution in [0.2, 0.25) is 0 Å². The van der Waals surface area contributed by atoms with Crippen LogP contribution in [0.5, 0.6) is 0 Å². The molecular weight excluding hydrogens is 423 g/mol. The van der Waals surface area contributed by atoms with Gasteiger partial charge in [0.15, 0.2) is 4.90 Å². The summed E-state index contributed by atoms with van der Waals surface area (Å²) in [5.74, 6) is -0.430. The van der Waals surface area contributed by atoms with Crippen LogP contribution in [0.15, 0.2) is 41.4 Å².